The van der Waals surface area contributed by atoms with E-state index in [4.69, 9.17) is 4.42 Å². The molecule has 5 nitrogen and oxygen atoms in total. The van der Waals surface area contributed by atoms with Gasteiger partial charge in [-0.3, -0.25) is 9.69 Å². The van der Waals surface area contributed by atoms with Crippen molar-refractivity contribution < 1.29 is 22.4 Å². The number of oxazole rings is 1. The molecule has 0 atom stereocenters. The van der Waals surface area contributed by atoms with Crippen LogP contribution in [-0.4, -0.2) is 41.2 Å². The van der Waals surface area contributed by atoms with E-state index in [-0.39, 0.29) is 11.7 Å². The predicted molar refractivity (Wildman–Crippen MR) is 138 cm³/mol. The van der Waals surface area contributed by atoms with Gasteiger partial charge >= 0.3 is 6.18 Å². The molecular formula is C27H32F3N3O2S. The zero-order valence-electron chi connectivity index (χ0n) is 20.8. The minimum absolute atomic E-state index is 0.128. The Labute approximate surface area is 214 Å². The summed E-state index contributed by atoms with van der Waals surface area (Å²) in [6, 6.07) is 13.2. The Bertz CT molecular complexity index is 1110. The van der Waals surface area contributed by atoms with Crippen LogP contribution in [0.4, 0.5) is 13.2 Å². The van der Waals surface area contributed by atoms with Crippen molar-refractivity contribution in [2.24, 2.45) is 0 Å². The molecule has 0 aliphatic heterocycles. The smallest absolute Gasteiger partial charge is 0.416 e. The summed E-state index contributed by atoms with van der Waals surface area (Å²) in [5, 5.41) is 2.81. The van der Waals surface area contributed by atoms with Crippen LogP contribution in [0.1, 0.15) is 42.0 Å². The summed E-state index contributed by atoms with van der Waals surface area (Å²) >= 11 is 1.44. The number of halogens is 3. The van der Waals surface area contributed by atoms with E-state index < -0.39 is 11.7 Å². The molecule has 0 aliphatic rings. The summed E-state index contributed by atoms with van der Waals surface area (Å²) in [5.74, 6) is 1.97. The van der Waals surface area contributed by atoms with Crippen molar-refractivity contribution in [3.63, 3.8) is 0 Å². The average Bonchev–Trinajstić information content (AvgIpc) is 3.23. The van der Waals surface area contributed by atoms with E-state index in [9.17, 15) is 18.0 Å². The minimum atomic E-state index is -4.34. The maximum absolute atomic E-state index is 12.6. The largest absolute Gasteiger partial charge is 0.441 e. The van der Waals surface area contributed by atoms with Crippen LogP contribution in [-0.2, 0) is 29.7 Å². The van der Waals surface area contributed by atoms with Gasteiger partial charge in [-0.15, -0.1) is 11.8 Å². The van der Waals surface area contributed by atoms with Crippen molar-refractivity contribution >= 4 is 17.7 Å². The Morgan fingerprint density at radius 3 is 2.28 bits per heavy atom. The van der Waals surface area contributed by atoms with E-state index in [1.54, 1.807) is 0 Å². The van der Waals surface area contributed by atoms with Crippen LogP contribution < -0.4 is 5.32 Å². The van der Waals surface area contributed by atoms with Gasteiger partial charge in [0.2, 0.25) is 11.8 Å². The molecule has 3 rings (SSSR count). The highest BCUT2D eigenvalue weighted by Gasteiger charge is 2.29. The number of carbonyl (C=O) groups excluding carboxylic acids is 1. The first-order valence-corrected chi connectivity index (χ1v) is 13.1. The molecule has 0 saturated heterocycles. The molecule has 0 aliphatic carbocycles. The first-order valence-electron chi connectivity index (χ1n) is 12.0. The van der Waals surface area contributed by atoms with Gasteiger partial charge in [-0.25, -0.2) is 4.98 Å². The number of carbonyl (C=O) groups is 1. The molecule has 0 radical (unpaired) electrons. The van der Waals surface area contributed by atoms with E-state index >= 15 is 0 Å². The molecule has 0 spiro atoms. The number of aryl methyl sites for hydroxylation is 1. The lowest BCUT2D eigenvalue weighted by Crippen LogP contribution is -2.27. The van der Waals surface area contributed by atoms with Crippen LogP contribution >= 0.6 is 11.8 Å². The second kappa shape index (κ2) is 13.0. The highest BCUT2D eigenvalue weighted by atomic mass is 32.2. The molecule has 0 fully saturated rings. The van der Waals surface area contributed by atoms with Crippen molar-refractivity contribution in [2.45, 2.75) is 45.7 Å². The van der Waals surface area contributed by atoms with E-state index in [0.717, 1.165) is 54.3 Å². The van der Waals surface area contributed by atoms with Gasteiger partial charge in [-0.05, 0) is 61.8 Å². The van der Waals surface area contributed by atoms with Gasteiger partial charge in [0.25, 0.3) is 0 Å². The number of benzene rings is 2. The van der Waals surface area contributed by atoms with Gasteiger partial charge in [-0.2, -0.15) is 13.2 Å². The van der Waals surface area contributed by atoms with Gasteiger partial charge in [0.05, 0.1) is 17.0 Å². The van der Waals surface area contributed by atoms with E-state index in [1.165, 1.54) is 29.5 Å². The summed E-state index contributed by atoms with van der Waals surface area (Å²) in [4.78, 5) is 19.1. The number of aromatic nitrogens is 1. The van der Waals surface area contributed by atoms with Crippen molar-refractivity contribution in [2.75, 3.05) is 25.4 Å². The highest BCUT2D eigenvalue weighted by Crippen LogP contribution is 2.29. The molecule has 2 aromatic carbocycles. The molecule has 3 aromatic rings. The molecule has 0 saturated carbocycles. The molecule has 1 amide bonds. The number of thioether (sulfide) groups is 1. The van der Waals surface area contributed by atoms with Crippen LogP contribution in [0.3, 0.4) is 0 Å². The SMILES string of the molecule is CCN(CC)Cc1ccc(-c2nc(CSCC(=O)NCCc3ccc(C(F)(F)F)cc3)c(C)o2)cc1. The Balaban J connectivity index is 1.42. The van der Waals surface area contributed by atoms with Gasteiger partial charge in [-0.1, -0.05) is 38.1 Å². The summed E-state index contributed by atoms with van der Waals surface area (Å²) in [6.45, 7) is 9.46. The van der Waals surface area contributed by atoms with Crippen molar-refractivity contribution in [1.82, 2.24) is 15.2 Å². The predicted octanol–water partition coefficient (Wildman–Crippen LogP) is 6.10. The number of amides is 1. The third-order valence-corrected chi connectivity index (χ3v) is 6.83. The third-order valence-electron chi connectivity index (χ3n) is 5.88. The summed E-state index contributed by atoms with van der Waals surface area (Å²) in [5.41, 5.74) is 3.03. The molecule has 1 N–H and O–H groups in total. The first kappa shape index (κ1) is 27.8. The van der Waals surface area contributed by atoms with Crippen LogP contribution in [0, 0.1) is 6.92 Å². The lowest BCUT2D eigenvalue weighted by molar-refractivity contribution is -0.137. The molecule has 0 unspecified atom stereocenters. The van der Waals surface area contributed by atoms with Crippen molar-refractivity contribution in [1.29, 1.82) is 0 Å². The van der Waals surface area contributed by atoms with Crippen molar-refractivity contribution in [3.05, 3.63) is 76.7 Å². The van der Waals surface area contributed by atoms with Gasteiger partial charge in [0.1, 0.15) is 5.76 Å². The number of hydrogen-bond acceptors (Lipinski definition) is 5. The quantitative estimate of drug-likeness (QED) is 0.313. The van der Waals surface area contributed by atoms with E-state index in [1.807, 2.05) is 19.1 Å². The fourth-order valence-corrected chi connectivity index (χ4v) is 4.49. The van der Waals surface area contributed by atoms with E-state index in [2.05, 4.69) is 41.2 Å². The lowest BCUT2D eigenvalue weighted by atomic mass is 10.1. The van der Waals surface area contributed by atoms with Crippen LogP contribution in [0.2, 0.25) is 0 Å². The molecule has 0 bridgehead atoms. The van der Waals surface area contributed by atoms with Crippen LogP contribution in [0.15, 0.2) is 52.9 Å². The average molecular weight is 520 g/mol. The van der Waals surface area contributed by atoms with Crippen molar-refractivity contribution in [3.8, 4) is 11.5 Å². The zero-order valence-corrected chi connectivity index (χ0v) is 21.6. The topological polar surface area (TPSA) is 58.4 Å². The van der Waals surface area contributed by atoms with E-state index in [0.29, 0.717) is 24.6 Å². The Morgan fingerprint density at radius 1 is 1.03 bits per heavy atom. The first-order chi connectivity index (χ1) is 17.2. The summed E-state index contributed by atoms with van der Waals surface area (Å²) in [6.07, 6.45) is -3.88. The molecule has 1 aromatic heterocycles. The fraction of sp³-hybridized carbons (Fsp3) is 0.407. The maximum Gasteiger partial charge on any atom is 0.416 e. The fourth-order valence-electron chi connectivity index (χ4n) is 3.64. The highest BCUT2D eigenvalue weighted by molar-refractivity contribution is 7.99. The van der Waals surface area contributed by atoms with Gasteiger partial charge in [0.15, 0.2) is 0 Å². The van der Waals surface area contributed by atoms with Crippen LogP contribution in [0.25, 0.3) is 11.5 Å². The number of alkyl halides is 3. The maximum atomic E-state index is 12.6. The monoisotopic (exact) mass is 519 g/mol. The Hall–Kier alpha value is -2.78. The minimum Gasteiger partial charge on any atom is -0.441 e. The molecular weight excluding hydrogens is 487 g/mol. The summed E-state index contributed by atoms with van der Waals surface area (Å²) < 4.78 is 43.8. The Kier molecular flexibility index (Phi) is 10.0. The third kappa shape index (κ3) is 8.13. The Morgan fingerprint density at radius 2 is 1.67 bits per heavy atom. The zero-order chi connectivity index (χ0) is 26.1. The number of nitrogens with zero attached hydrogens (tertiary/aromatic N) is 2. The summed E-state index contributed by atoms with van der Waals surface area (Å²) in [7, 11) is 0. The normalized spacial score (nSPS) is 11.8. The standard InChI is InChI=1S/C27H32F3N3O2S/c1-4-33(5-2)16-21-6-10-22(11-7-21)26-32-24(19(3)35-26)17-36-18-25(34)31-15-14-20-8-12-23(13-9-20)27(28,29)30/h6-13H,4-5,14-18H2,1-3H3,(H,31,34). The lowest BCUT2D eigenvalue weighted by Gasteiger charge is -2.17. The molecule has 194 valence electrons. The van der Waals surface area contributed by atoms with Gasteiger partial charge in [0, 0.05) is 24.4 Å². The number of nitrogens with one attached hydrogen (secondary N) is 1. The number of hydrogen-bond donors (Lipinski definition) is 1. The second-order valence-electron chi connectivity index (χ2n) is 8.47. The van der Waals surface area contributed by atoms with Gasteiger partial charge < -0.3 is 9.73 Å². The second-order valence-corrected chi connectivity index (χ2v) is 9.45. The number of rotatable bonds is 12. The molecule has 36 heavy (non-hydrogen) atoms. The molecule has 1 heterocycles. The van der Waals surface area contributed by atoms with Crippen LogP contribution in [0.5, 0.6) is 0 Å². The molecule has 9 heteroatoms.